The van der Waals surface area contributed by atoms with Crippen LogP contribution in [-0.2, 0) is 6.54 Å². The number of amides is 1. The van der Waals surface area contributed by atoms with Crippen molar-refractivity contribution in [1.29, 1.82) is 0 Å². The Balaban J connectivity index is 2.45. The highest BCUT2D eigenvalue weighted by Crippen LogP contribution is 2.14. The average molecular weight is 378 g/mol. The van der Waals surface area contributed by atoms with Crippen LogP contribution in [0.1, 0.15) is 36.7 Å². The molecule has 6 heteroatoms. The number of nitrogens with one attached hydrogen (secondary N) is 1. The van der Waals surface area contributed by atoms with Gasteiger partial charge in [0.25, 0.3) is 11.5 Å². The first kappa shape index (κ1) is 17.4. The van der Waals surface area contributed by atoms with Crippen molar-refractivity contribution in [2.45, 2.75) is 32.7 Å². The fraction of sp³-hybridized carbons (Fsp3) is 0.353. The van der Waals surface area contributed by atoms with Crippen molar-refractivity contribution in [2.75, 3.05) is 6.54 Å². The smallest absolute Gasteiger partial charge is 0.274 e. The van der Waals surface area contributed by atoms with Gasteiger partial charge in [-0.1, -0.05) is 60.5 Å². The van der Waals surface area contributed by atoms with Crippen molar-refractivity contribution in [3.05, 3.63) is 51.4 Å². The van der Waals surface area contributed by atoms with Crippen molar-refractivity contribution >= 4 is 32.6 Å². The van der Waals surface area contributed by atoms with E-state index in [9.17, 15) is 9.59 Å². The van der Waals surface area contributed by atoms with Crippen LogP contribution in [0.2, 0.25) is 0 Å². The van der Waals surface area contributed by atoms with E-state index < -0.39 is 0 Å². The van der Waals surface area contributed by atoms with E-state index in [2.05, 4.69) is 39.8 Å². The van der Waals surface area contributed by atoms with Crippen LogP contribution < -0.4 is 10.9 Å². The topological polar surface area (TPSA) is 64.0 Å². The molecule has 0 aliphatic carbocycles. The number of hydrogen-bond acceptors (Lipinski definition) is 3. The van der Waals surface area contributed by atoms with Crippen LogP contribution in [-0.4, -0.2) is 22.2 Å². The summed E-state index contributed by atoms with van der Waals surface area (Å²) < 4.78 is 2.07. The second-order valence-corrected chi connectivity index (χ2v) is 6.45. The van der Waals surface area contributed by atoms with Crippen LogP contribution in [0.5, 0.6) is 0 Å². The van der Waals surface area contributed by atoms with Gasteiger partial charge in [0.2, 0.25) is 0 Å². The van der Waals surface area contributed by atoms with Crippen molar-refractivity contribution in [3.8, 4) is 0 Å². The van der Waals surface area contributed by atoms with E-state index >= 15 is 0 Å². The van der Waals surface area contributed by atoms with Crippen molar-refractivity contribution in [1.82, 2.24) is 15.1 Å². The third-order valence-electron chi connectivity index (χ3n) is 3.50. The van der Waals surface area contributed by atoms with Gasteiger partial charge in [0.05, 0.1) is 5.39 Å². The largest absolute Gasteiger partial charge is 0.346 e. The van der Waals surface area contributed by atoms with Crippen LogP contribution >= 0.6 is 15.9 Å². The van der Waals surface area contributed by atoms with Crippen LogP contribution in [0.4, 0.5) is 0 Å². The van der Waals surface area contributed by atoms with E-state index in [4.69, 9.17) is 0 Å². The first-order chi connectivity index (χ1) is 11.0. The predicted molar refractivity (Wildman–Crippen MR) is 95.9 cm³/mol. The molecule has 0 saturated heterocycles. The molecule has 2 aromatic rings. The van der Waals surface area contributed by atoms with E-state index in [0.29, 0.717) is 28.3 Å². The molecule has 0 saturated carbocycles. The maximum Gasteiger partial charge on any atom is 0.274 e. The summed E-state index contributed by atoms with van der Waals surface area (Å²) in [6.45, 7) is 6.62. The van der Waals surface area contributed by atoms with E-state index in [-0.39, 0.29) is 17.2 Å². The molecule has 5 nitrogen and oxygen atoms in total. The molecule has 0 aliphatic rings. The zero-order valence-electron chi connectivity index (χ0n) is 13.1. The Morgan fingerprint density at radius 3 is 2.65 bits per heavy atom. The second kappa shape index (κ2) is 8.06. The molecule has 1 heterocycles. The number of nitrogens with zero attached hydrogens (tertiary/aromatic N) is 2. The third-order valence-corrected chi connectivity index (χ3v) is 3.78. The lowest BCUT2D eigenvalue weighted by Crippen LogP contribution is -2.31. The normalized spacial score (nSPS) is 10.7. The average Bonchev–Trinajstić information content (AvgIpc) is 2.55. The minimum atomic E-state index is -0.314. The summed E-state index contributed by atoms with van der Waals surface area (Å²) in [5.41, 5.74) is 0.114. The van der Waals surface area contributed by atoms with Crippen molar-refractivity contribution in [2.24, 2.45) is 0 Å². The molecule has 1 aromatic heterocycles. The Hall–Kier alpha value is -1.95. The molecule has 1 N–H and O–H groups in total. The summed E-state index contributed by atoms with van der Waals surface area (Å²) in [6.07, 6.45) is 2.94. The van der Waals surface area contributed by atoms with Gasteiger partial charge in [-0.2, -0.15) is 5.10 Å². The van der Waals surface area contributed by atoms with Gasteiger partial charge in [0, 0.05) is 23.0 Å². The molecule has 0 spiro atoms. The number of rotatable bonds is 7. The maximum absolute atomic E-state index is 12.5. The highest BCUT2D eigenvalue weighted by Gasteiger charge is 2.16. The van der Waals surface area contributed by atoms with E-state index in [1.165, 1.54) is 4.68 Å². The Kier molecular flexibility index (Phi) is 6.10. The van der Waals surface area contributed by atoms with Crippen LogP contribution in [0.25, 0.3) is 10.8 Å². The lowest BCUT2D eigenvalue weighted by Gasteiger charge is -2.11. The lowest BCUT2D eigenvalue weighted by atomic mass is 10.1. The molecule has 0 bridgehead atoms. The molecule has 0 fully saturated rings. The summed E-state index contributed by atoms with van der Waals surface area (Å²) >= 11 is 3.21. The number of aromatic nitrogens is 2. The van der Waals surface area contributed by atoms with E-state index in [1.54, 1.807) is 24.3 Å². The molecule has 122 valence electrons. The molecule has 0 aliphatic heterocycles. The van der Waals surface area contributed by atoms with Gasteiger partial charge in [-0.3, -0.25) is 9.59 Å². The Bertz CT molecular complexity index is 783. The molecule has 1 amide bonds. The monoisotopic (exact) mass is 377 g/mol. The maximum atomic E-state index is 12.5. The molecule has 2 rings (SSSR count). The Morgan fingerprint density at radius 2 is 2.00 bits per heavy atom. The van der Waals surface area contributed by atoms with Crippen molar-refractivity contribution in [3.63, 3.8) is 0 Å². The Labute approximate surface area is 143 Å². The highest BCUT2D eigenvalue weighted by molar-refractivity contribution is 9.11. The number of carbonyl (C=O) groups is 1. The van der Waals surface area contributed by atoms with Gasteiger partial charge in [0.1, 0.15) is 0 Å². The fourth-order valence-corrected chi connectivity index (χ4v) is 2.47. The summed E-state index contributed by atoms with van der Waals surface area (Å²) in [6, 6.07) is 7.07. The number of benzene rings is 1. The minimum Gasteiger partial charge on any atom is -0.346 e. The third kappa shape index (κ3) is 4.28. The SMILES string of the molecule is C=C(Br)CNC(=O)c1nn(CCCCC)c(=O)c2ccccc12. The van der Waals surface area contributed by atoms with Crippen LogP contribution in [0.15, 0.2) is 40.1 Å². The van der Waals surface area contributed by atoms with Gasteiger partial charge in [-0.25, -0.2) is 4.68 Å². The van der Waals surface area contributed by atoms with Gasteiger partial charge >= 0.3 is 0 Å². The second-order valence-electron chi connectivity index (χ2n) is 5.33. The summed E-state index contributed by atoms with van der Waals surface area (Å²) in [5, 5.41) is 8.13. The molecule has 0 unspecified atom stereocenters. The molecule has 0 atom stereocenters. The Morgan fingerprint density at radius 1 is 1.30 bits per heavy atom. The van der Waals surface area contributed by atoms with Crippen molar-refractivity contribution < 1.29 is 4.79 Å². The fourth-order valence-electron chi connectivity index (χ4n) is 2.33. The first-order valence-electron chi connectivity index (χ1n) is 7.66. The summed E-state index contributed by atoms with van der Waals surface area (Å²) in [7, 11) is 0. The van der Waals surface area contributed by atoms with Gasteiger partial charge < -0.3 is 5.32 Å². The number of fused-ring (bicyclic) bond motifs is 1. The van der Waals surface area contributed by atoms with E-state index in [0.717, 1.165) is 19.3 Å². The first-order valence-corrected chi connectivity index (χ1v) is 8.45. The number of unbranched alkanes of at least 4 members (excludes halogenated alkanes) is 2. The molecular weight excluding hydrogens is 358 g/mol. The summed E-state index contributed by atoms with van der Waals surface area (Å²) in [5.74, 6) is -0.314. The van der Waals surface area contributed by atoms with Crippen LogP contribution in [0, 0.1) is 0 Å². The lowest BCUT2D eigenvalue weighted by molar-refractivity contribution is 0.0952. The van der Waals surface area contributed by atoms with Gasteiger partial charge in [0.15, 0.2) is 5.69 Å². The predicted octanol–water partition coefficient (Wildman–Crippen LogP) is 3.23. The number of halogens is 1. The van der Waals surface area contributed by atoms with Gasteiger partial charge in [-0.05, 0) is 12.5 Å². The van der Waals surface area contributed by atoms with E-state index in [1.807, 2.05) is 0 Å². The number of carbonyl (C=O) groups excluding carboxylic acids is 1. The number of hydrogen-bond donors (Lipinski definition) is 1. The molecule has 0 radical (unpaired) electrons. The molecule has 1 aromatic carbocycles. The minimum absolute atomic E-state index is 0.154. The zero-order valence-corrected chi connectivity index (χ0v) is 14.7. The van der Waals surface area contributed by atoms with Crippen LogP contribution in [0.3, 0.4) is 0 Å². The standard InChI is InChI=1S/C17H20BrN3O2/c1-3-4-7-10-21-17(23)14-9-6-5-8-13(14)15(20-21)16(22)19-11-12(2)18/h5-6,8-9H,2-4,7,10-11H2,1H3,(H,19,22). The number of aryl methyl sites for hydroxylation is 1. The summed E-state index contributed by atoms with van der Waals surface area (Å²) in [4.78, 5) is 24.9. The van der Waals surface area contributed by atoms with Gasteiger partial charge in [-0.15, -0.1) is 0 Å². The zero-order chi connectivity index (χ0) is 16.8. The highest BCUT2D eigenvalue weighted by atomic mass is 79.9. The molecular formula is C17H20BrN3O2. The molecule has 23 heavy (non-hydrogen) atoms. The quantitative estimate of drug-likeness (QED) is 0.753.